The minimum atomic E-state index is 0.429. The summed E-state index contributed by atoms with van der Waals surface area (Å²) in [6, 6.07) is 44.3. The molecule has 0 aliphatic heterocycles. The van der Waals surface area contributed by atoms with Crippen LogP contribution in [0.15, 0.2) is 141 Å². The predicted octanol–water partition coefficient (Wildman–Crippen LogP) is 13.5. The van der Waals surface area contributed by atoms with Crippen LogP contribution in [-0.4, -0.2) is 0 Å². The topological polar surface area (TPSA) is 26.3 Å². The predicted molar refractivity (Wildman–Crippen MR) is 194 cm³/mol. The van der Waals surface area contributed by atoms with Gasteiger partial charge in [-0.15, -0.1) is 0 Å². The van der Waals surface area contributed by atoms with Crippen molar-refractivity contribution in [1.82, 2.24) is 0 Å². The molecule has 0 saturated carbocycles. The average Bonchev–Trinajstić information content (AvgIpc) is 3.65. The van der Waals surface area contributed by atoms with Gasteiger partial charge < -0.3 is 8.83 Å². The molecule has 0 atom stereocenters. The Hall–Kier alpha value is -4.60. The monoisotopic (exact) mass is 650 g/mol. The first-order valence-electron chi connectivity index (χ1n) is 15.6. The van der Waals surface area contributed by atoms with Gasteiger partial charge in [-0.05, 0) is 46.2 Å². The van der Waals surface area contributed by atoms with Gasteiger partial charge in [0.2, 0.25) is 0 Å². The molecule has 0 bridgehead atoms. The van der Waals surface area contributed by atoms with E-state index < -0.39 is 0 Å². The lowest BCUT2D eigenvalue weighted by atomic mass is 9.99. The summed E-state index contributed by atoms with van der Waals surface area (Å²) in [5.41, 5.74) is 11.1. The zero-order valence-electron chi connectivity index (χ0n) is 26.0. The lowest BCUT2D eigenvalue weighted by Crippen LogP contribution is -1.86. The minimum absolute atomic E-state index is 0.429. The van der Waals surface area contributed by atoms with Crippen molar-refractivity contribution >= 4 is 59.8 Å². The van der Waals surface area contributed by atoms with Crippen molar-refractivity contribution < 1.29 is 8.83 Å². The smallest absolute Gasteiger partial charge is 0.144 e. The normalized spacial score (nSPS) is 11.6. The first-order chi connectivity index (χ1) is 21.9. The molecule has 0 fully saturated rings. The molecular weight excluding hydrogens is 616 g/mol. The van der Waals surface area contributed by atoms with Gasteiger partial charge in [0.25, 0.3) is 0 Å². The average molecular weight is 652 g/mol. The molecule has 8 aromatic rings. The van der Waals surface area contributed by atoms with Crippen LogP contribution in [0.5, 0.6) is 0 Å². The lowest BCUT2D eigenvalue weighted by Gasteiger charge is -2.04. The van der Waals surface area contributed by atoms with Gasteiger partial charge in [-0.25, -0.2) is 0 Å². The minimum Gasteiger partial charge on any atom is -0.455 e. The zero-order valence-corrected chi connectivity index (χ0v) is 27.6. The summed E-state index contributed by atoms with van der Waals surface area (Å²) >= 11 is 3.71. The van der Waals surface area contributed by atoms with Crippen molar-refractivity contribution in [3.8, 4) is 22.3 Å². The van der Waals surface area contributed by atoms with E-state index in [0.29, 0.717) is 11.8 Å². The van der Waals surface area contributed by atoms with E-state index in [-0.39, 0.29) is 0 Å². The largest absolute Gasteiger partial charge is 0.455 e. The molecule has 8 rings (SSSR count). The molecule has 0 aliphatic carbocycles. The Balaban J connectivity index is 0.000000145. The molecule has 0 amide bonds. The Morgan fingerprint density at radius 2 is 0.889 bits per heavy atom. The number of hydrogen-bond donors (Lipinski definition) is 0. The first kappa shape index (κ1) is 29.1. The van der Waals surface area contributed by atoms with Gasteiger partial charge >= 0.3 is 0 Å². The van der Waals surface area contributed by atoms with Crippen molar-refractivity contribution in [1.29, 1.82) is 0 Å². The van der Waals surface area contributed by atoms with Crippen molar-refractivity contribution in [2.75, 3.05) is 0 Å². The Kier molecular flexibility index (Phi) is 7.81. The number of hydrogen-bond acceptors (Lipinski definition) is 2. The van der Waals surface area contributed by atoms with E-state index in [1.54, 1.807) is 0 Å². The first-order valence-corrected chi connectivity index (χ1v) is 16.4. The summed E-state index contributed by atoms with van der Waals surface area (Å²) in [5, 5.41) is 4.73. The number of benzene rings is 6. The molecule has 0 saturated heterocycles. The highest BCUT2D eigenvalue weighted by Gasteiger charge is 2.18. The number of furan rings is 2. The van der Waals surface area contributed by atoms with E-state index >= 15 is 0 Å². The molecule has 0 aliphatic rings. The summed E-state index contributed by atoms with van der Waals surface area (Å²) in [4.78, 5) is 0. The second-order valence-corrected chi connectivity index (χ2v) is 13.0. The van der Waals surface area contributed by atoms with Gasteiger partial charge in [0, 0.05) is 37.1 Å². The second-order valence-electron chi connectivity index (χ2n) is 12.2. The molecule has 3 heteroatoms. The third-order valence-electron chi connectivity index (χ3n) is 8.59. The van der Waals surface area contributed by atoms with Gasteiger partial charge in [-0.1, -0.05) is 159 Å². The maximum atomic E-state index is 6.38. The highest BCUT2D eigenvalue weighted by Crippen LogP contribution is 2.42. The Labute approximate surface area is 272 Å². The quantitative estimate of drug-likeness (QED) is 0.189. The highest BCUT2D eigenvalue weighted by atomic mass is 79.9. The van der Waals surface area contributed by atoms with E-state index in [4.69, 9.17) is 8.83 Å². The lowest BCUT2D eigenvalue weighted by molar-refractivity contribution is 0.657. The summed E-state index contributed by atoms with van der Waals surface area (Å²) in [6.45, 7) is 8.82. The summed E-state index contributed by atoms with van der Waals surface area (Å²) < 4.78 is 13.8. The van der Waals surface area contributed by atoms with Gasteiger partial charge in [-0.2, -0.15) is 0 Å². The molecule has 2 heterocycles. The van der Waals surface area contributed by atoms with Crippen LogP contribution in [0.2, 0.25) is 0 Å². The van der Waals surface area contributed by atoms with Crippen LogP contribution in [0, 0.1) is 0 Å². The van der Waals surface area contributed by atoms with Crippen LogP contribution in [0.1, 0.15) is 50.7 Å². The number of para-hydroxylation sites is 3. The third-order valence-corrected chi connectivity index (χ3v) is 9.26. The maximum absolute atomic E-state index is 6.38. The zero-order chi connectivity index (χ0) is 31.1. The molecule has 0 spiro atoms. The molecule has 6 aromatic carbocycles. The van der Waals surface area contributed by atoms with Crippen LogP contribution >= 0.6 is 15.9 Å². The SMILES string of the molecule is CC(C)c1cccc2c1oc1c(-c3ccccc3)ccc(Br)c12.CC(C)c1cccc2c1oc1c(-c3ccccc3)cccc12. The molecule has 0 unspecified atom stereocenters. The maximum Gasteiger partial charge on any atom is 0.144 e. The van der Waals surface area contributed by atoms with E-state index in [0.717, 1.165) is 43.3 Å². The highest BCUT2D eigenvalue weighted by molar-refractivity contribution is 9.10. The van der Waals surface area contributed by atoms with Crippen molar-refractivity contribution in [2.24, 2.45) is 0 Å². The third kappa shape index (κ3) is 5.26. The van der Waals surface area contributed by atoms with Gasteiger partial charge in [0.15, 0.2) is 0 Å². The standard InChI is InChI=1S/C21H17BrO.C21H18O/c1-13(2)15-9-6-10-17-19-18(22)12-11-16(21(19)23-20(15)17)14-7-4-3-5-8-14;1-14(2)16-10-6-12-18-19-13-7-11-17(21(19)22-20(16)18)15-8-4-3-5-9-15/h3-13H,1-2H3;3-14H,1-2H3. The van der Waals surface area contributed by atoms with Crippen LogP contribution in [0.4, 0.5) is 0 Å². The van der Waals surface area contributed by atoms with Crippen molar-refractivity contribution in [3.05, 3.63) is 143 Å². The second kappa shape index (κ2) is 12.1. The van der Waals surface area contributed by atoms with E-state index in [1.165, 1.54) is 38.4 Å². The van der Waals surface area contributed by atoms with Crippen molar-refractivity contribution in [3.63, 3.8) is 0 Å². The summed E-state index contributed by atoms with van der Waals surface area (Å²) in [6.07, 6.45) is 0. The van der Waals surface area contributed by atoms with Crippen molar-refractivity contribution in [2.45, 2.75) is 39.5 Å². The Bertz CT molecular complexity index is 2270. The number of fused-ring (bicyclic) bond motifs is 6. The van der Waals surface area contributed by atoms with Gasteiger partial charge in [0.1, 0.15) is 22.3 Å². The molecule has 0 radical (unpaired) electrons. The Morgan fingerprint density at radius 3 is 1.47 bits per heavy atom. The van der Waals surface area contributed by atoms with E-state index in [2.05, 4.69) is 159 Å². The summed E-state index contributed by atoms with van der Waals surface area (Å²) in [5.74, 6) is 0.877. The molecular formula is C42H35BrO2. The Morgan fingerprint density at radius 1 is 0.422 bits per heavy atom. The van der Waals surface area contributed by atoms with Crippen LogP contribution in [0.25, 0.3) is 66.1 Å². The fourth-order valence-electron chi connectivity index (χ4n) is 6.32. The molecule has 2 nitrogen and oxygen atoms in total. The fraction of sp³-hybridized carbons (Fsp3) is 0.143. The summed E-state index contributed by atoms with van der Waals surface area (Å²) in [7, 11) is 0. The van der Waals surface area contributed by atoms with Crippen LogP contribution in [-0.2, 0) is 0 Å². The molecule has 45 heavy (non-hydrogen) atoms. The van der Waals surface area contributed by atoms with Crippen LogP contribution < -0.4 is 0 Å². The molecule has 2 aromatic heterocycles. The van der Waals surface area contributed by atoms with Gasteiger partial charge in [0.05, 0.1) is 0 Å². The van der Waals surface area contributed by atoms with Crippen LogP contribution in [0.3, 0.4) is 0 Å². The number of rotatable bonds is 4. The van der Waals surface area contributed by atoms with E-state index in [9.17, 15) is 0 Å². The van der Waals surface area contributed by atoms with E-state index in [1.807, 2.05) is 12.1 Å². The molecule has 222 valence electrons. The molecule has 0 N–H and O–H groups in total. The number of halogens is 1. The fourth-order valence-corrected chi connectivity index (χ4v) is 6.85. The van der Waals surface area contributed by atoms with Gasteiger partial charge in [-0.3, -0.25) is 0 Å².